The molecule has 3 unspecified atom stereocenters. The lowest BCUT2D eigenvalue weighted by molar-refractivity contribution is 0.0338. The molecule has 2 aromatic rings. The number of Topliss-reactive ketones (excluding diaryl/α,β-unsaturated/α-hetero) is 1. The van der Waals surface area contributed by atoms with Gasteiger partial charge in [-0.3, -0.25) is 9.69 Å². The number of carbonyl (C=O) groups excluding carboxylic acids is 1. The Hall–Kier alpha value is -2.11. The highest BCUT2D eigenvalue weighted by Crippen LogP contribution is 2.38. The fourth-order valence-corrected chi connectivity index (χ4v) is 5.44. The molecule has 0 saturated carbocycles. The molecule has 4 rings (SSSR count). The predicted molar refractivity (Wildman–Crippen MR) is 128 cm³/mol. The van der Waals surface area contributed by atoms with Gasteiger partial charge in [0.15, 0.2) is 5.78 Å². The second-order valence-corrected chi connectivity index (χ2v) is 10.7. The summed E-state index contributed by atoms with van der Waals surface area (Å²) >= 11 is 0. The van der Waals surface area contributed by atoms with Gasteiger partial charge < -0.3 is 14.8 Å². The highest BCUT2D eigenvalue weighted by atomic mass is 16.5. The molecule has 32 heavy (non-hydrogen) atoms. The predicted octanol–water partition coefficient (Wildman–Crippen LogP) is 4.30. The zero-order valence-corrected chi connectivity index (χ0v) is 20.2. The first kappa shape index (κ1) is 23.1. The van der Waals surface area contributed by atoms with E-state index in [2.05, 4.69) is 56.6 Å². The lowest BCUT2D eigenvalue weighted by Gasteiger charge is -2.40. The minimum absolute atomic E-state index is 0.0369. The number of aliphatic hydroxyl groups excluding tert-OH is 1. The van der Waals surface area contributed by atoms with Crippen LogP contribution in [0.15, 0.2) is 24.3 Å². The summed E-state index contributed by atoms with van der Waals surface area (Å²) in [6.07, 6.45) is 2.27. The van der Waals surface area contributed by atoms with Crippen molar-refractivity contribution in [1.29, 1.82) is 0 Å². The lowest BCUT2D eigenvalue weighted by Crippen LogP contribution is -2.49. The summed E-state index contributed by atoms with van der Waals surface area (Å²) in [5, 5.41) is 10.6. The van der Waals surface area contributed by atoms with E-state index in [1.165, 1.54) is 11.1 Å². The fraction of sp³-hybridized carbons (Fsp3) is 0.593. The van der Waals surface area contributed by atoms with Crippen molar-refractivity contribution in [3.63, 3.8) is 0 Å². The van der Waals surface area contributed by atoms with Crippen LogP contribution in [0.5, 0.6) is 5.75 Å². The van der Waals surface area contributed by atoms with Crippen LogP contribution in [0.1, 0.15) is 67.0 Å². The molecule has 0 spiro atoms. The van der Waals surface area contributed by atoms with Crippen LogP contribution in [0, 0.1) is 18.8 Å². The Bertz CT molecular complexity index is 955. The van der Waals surface area contributed by atoms with Gasteiger partial charge in [-0.25, -0.2) is 0 Å². The first-order valence-corrected chi connectivity index (χ1v) is 12.1. The summed E-state index contributed by atoms with van der Waals surface area (Å²) in [5.41, 5.74) is 5.80. The molecule has 2 aliphatic rings. The van der Waals surface area contributed by atoms with Crippen molar-refractivity contribution in [2.75, 3.05) is 26.2 Å². The number of carbonyl (C=O) groups is 1. The van der Waals surface area contributed by atoms with Crippen LogP contribution in [-0.2, 0) is 18.3 Å². The fourth-order valence-electron chi connectivity index (χ4n) is 5.44. The molecular formula is C27H38N2O3. The average Bonchev–Trinajstić information content (AvgIpc) is 3.07. The summed E-state index contributed by atoms with van der Waals surface area (Å²) in [4.78, 5) is 19.1. The van der Waals surface area contributed by atoms with E-state index in [4.69, 9.17) is 4.74 Å². The van der Waals surface area contributed by atoms with E-state index in [0.717, 1.165) is 55.1 Å². The van der Waals surface area contributed by atoms with Crippen molar-refractivity contribution in [1.82, 2.24) is 9.88 Å². The number of hydrogen-bond acceptors (Lipinski definition) is 4. The molecule has 1 aliphatic carbocycles. The van der Waals surface area contributed by atoms with E-state index < -0.39 is 6.10 Å². The summed E-state index contributed by atoms with van der Waals surface area (Å²) in [6.45, 7) is 13.2. The van der Waals surface area contributed by atoms with Crippen molar-refractivity contribution in [2.45, 2.75) is 65.4 Å². The number of benzene rings is 1. The van der Waals surface area contributed by atoms with Gasteiger partial charge in [-0.1, -0.05) is 39.8 Å². The number of aromatic amines is 1. The zero-order valence-electron chi connectivity index (χ0n) is 20.2. The van der Waals surface area contributed by atoms with Crippen molar-refractivity contribution in [3.8, 4) is 5.75 Å². The number of likely N-dealkylation sites (tertiary alicyclic amines) is 1. The number of ether oxygens (including phenoxy) is 1. The number of aromatic nitrogens is 1. The topological polar surface area (TPSA) is 65.6 Å². The number of aliphatic hydroxyl groups is 1. The molecule has 2 N–H and O–H groups in total. The third kappa shape index (κ3) is 4.65. The van der Waals surface area contributed by atoms with E-state index in [0.29, 0.717) is 18.2 Å². The number of nitrogens with zero attached hydrogens (tertiary/aromatic N) is 1. The zero-order chi connectivity index (χ0) is 23.0. The highest BCUT2D eigenvalue weighted by Gasteiger charge is 2.41. The Labute approximate surface area is 192 Å². The summed E-state index contributed by atoms with van der Waals surface area (Å²) in [5.74, 6) is 1.52. The van der Waals surface area contributed by atoms with E-state index in [9.17, 15) is 9.90 Å². The normalized spacial score (nSPS) is 22.4. The number of hydrogen-bond donors (Lipinski definition) is 2. The second kappa shape index (κ2) is 9.03. The Balaban J connectivity index is 1.33. The van der Waals surface area contributed by atoms with Crippen LogP contribution in [0.25, 0.3) is 0 Å². The number of piperidine rings is 1. The first-order chi connectivity index (χ1) is 15.2. The van der Waals surface area contributed by atoms with Crippen molar-refractivity contribution >= 4 is 5.78 Å². The van der Waals surface area contributed by atoms with Gasteiger partial charge >= 0.3 is 0 Å². The van der Waals surface area contributed by atoms with Gasteiger partial charge in [0, 0.05) is 36.0 Å². The van der Waals surface area contributed by atoms with Crippen molar-refractivity contribution < 1.29 is 14.6 Å². The molecule has 174 valence electrons. The molecule has 1 aromatic carbocycles. The van der Waals surface area contributed by atoms with Crippen LogP contribution >= 0.6 is 0 Å². The van der Waals surface area contributed by atoms with Gasteiger partial charge in [0.25, 0.3) is 0 Å². The molecule has 3 atom stereocenters. The minimum atomic E-state index is -0.580. The number of aryl methyl sites for hydroxylation is 1. The Morgan fingerprint density at radius 2 is 1.97 bits per heavy atom. The molecule has 1 fully saturated rings. The number of rotatable bonds is 6. The molecule has 5 heteroatoms. The van der Waals surface area contributed by atoms with Gasteiger partial charge in [-0.2, -0.15) is 0 Å². The maximum atomic E-state index is 13.4. The van der Waals surface area contributed by atoms with Crippen molar-refractivity contribution in [3.05, 3.63) is 52.3 Å². The quantitative estimate of drug-likeness (QED) is 0.706. The molecule has 5 nitrogen and oxygen atoms in total. The van der Waals surface area contributed by atoms with Crippen molar-refractivity contribution in [2.24, 2.45) is 11.8 Å². The van der Waals surface area contributed by atoms with E-state index in [1.54, 1.807) is 0 Å². The van der Waals surface area contributed by atoms with Gasteiger partial charge in [0.1, 0.15) is 18.5 Å². The van der Waals surface area contributed by atoms with E-state index >= 15 is 0 Å². The standard InChI is InChI=1S/C27H38N2O3/c1-6-22-17(2)28-24-13-18-11-12-29(15-23(18)26(31)25(22)24)14-20(30)16-32-21-9-7-19(8-10-21)27(3,4)5/h7-10,18,20,23,28,30H,6,11-16H2,1-5H3. The Morgan fingerprint density at radius 1 is 1.25 bits per heavy atom. The van der Waals surface area contributed by atoms with Gasteiger partial charge in [-0.05, 0) is 67.3 Å². The maximum Gasteiger partial charge on any atom is 0.169 e. The molecular weight excluding hydrogens is 400 g/mol. The number of nitrogens with one attached hydrogen (secondary N) is 1. The average molecular weight is 439 g/mol. The van der Waals surface area contributed by atoms with Gasteiger partial charge in [0.2, 0.25) is 0 Å². The van der Waals surface area contributed by atoms with Crippen LogP contribution in [0.4, 0.5) is 0 Å². The summed E-state index contributed by atoms with van der Waals surface area (Å²) in [7, 11) is 0. The maximum absolute atomic E-state index is 13.4. The molecule has 0 bridgehead atoms. The Kier molecular flexibility index (Phi) is 6.51. The molecule has 1 aliphatic heterocycles. The van der Waals surface area contributed by atoms with Gasteiger partial charge in [-0.15, -0.1) is 0 Å². The SMILES string of the molecule is CCc1c(C)[nH]c2c1C(=O)C1CN(CC(O)COc3ccc(C(C)(C)C)cc3)CCC1C2. The number of β-amino-alcohol motifs (C(OH)–C–C–N with tert-alkyl or cyclic N) is 1. The van der Waals surface area contributed by atoms with E-state index in [-0.39, 0.29) is 17.9 Å². The first-order valence-electron chi connectivity index (χ1n) is 12.1. The molecule has 2 heterocycles. The van der Waals surface area contributed by atoms with Crippen LogP contribution in [-0.4, -0.2) is 53.1 Å². The van der Waals surface area contributed by atoms with E-state index in [1.807, 2.05) is 12.1 Å². The molecule has 1 saturated heterocycles. The largest absolute Gasteiger partial charge is 0.491 e. The lowest BCUT2D eigenvalue weighted by atomic mass is 9.72. The third-order valence-electron chi connectivity index (χ3n) is 7.27. The van der Waals surface area contributed by atoms with Crippen LogP contribution in [0.3, 0.4) is 0 Å². The van der Waals surface area contributed by atoms with Gasteiger partial charge in [0.05, 0.1) is 0 Å². The highest BCUT2D eigenvalue weighted by molar-refractivity contribution is 6.02. The smallest absolute Gasteiger partial charge is 0.169 e. The number of ketones is 1. The molecule has 0 amide bonds. The monoisotopic (exact) mass is 438 g/mol. The second-order valence-electron chi connectivity index (χ2n) is 10.7. The summed E-state index contributed by atoms with van der Waals surface area (Å²) in [6, 6.07) is 8.12. The molecule has 0 radical (unpaired) electrons. The number of H-pyrrole nitrogens is 1. The molecule has 1 aromatic heterocycles. The summed E-state index contributed by atoms with van der Waals surface area (Å²) < 4.78 is 5.84. The number of fused-ring (bicyclic) bond motifs is 2. The minimum Gasteiger partial charge on any atom is -0.491 e. The van der Waals surface area contributed by atoms with Crippen LogP contribution in [0.2, 0.25) is 0 Å². The third-order valence-corrected chi connectivity index (χ3v) is 7.27. The Morgan fingerprint density at radius 3 is 2.62 bits per heavy atom. The van der Waals surface area contributed by atoms with Crippen LogP contribution < -0.4 is 4.74 Å².